The Morgan fingerprint density at radius 2 is 1.97 bits per heavy atom. The predicted molar refractivity (Wildman–Crippen MR) is 107 cm³/mol. The number of ether oxygens (including phenoxy) is 2. The van der Waals surface area contributed by atoms with Crippen LogP contribution in [0, 0.1) is 17.8 Å². The first-order valence-electron chi connectivity index (χ1n) is 10.6. The summed E-state index contributed by atoms with van der Waals surface area (Å²) in [5, 5.41) is 17.1. The first kappa shape index (κ1) is 22.3. The Morgan fingerprint density at radius 3 is 2.59 bits per heavy atom. The second kappa shape index (κ2) is 8.91. The maximum atomic E-state index is 12.8. The van der Waals surface area contributed by atoms with E-state index in [0.29, 0.717) is 42.0 Å². The maximum absolute atomic E-state index is 12.8. The number of carboxylic acids is 1. The van der Waals surface area contributed by atoms with Crippen LogP contribution in [0.5, 0.6) is 11.6 Å². The molecule has 0 saturated heterocycles. The van der Waals surface area contributed by atoms with Gasteiger partial charge < -0.3 is 14.6 Å². The summed E-state index contributed by atoms with van der Waals surface area (Å²) in [6.45, 7) is 0.284. The van der Waals surface area contributed by atoms with Crippen molar-refractivity contribution in [3.8, 4) is 22.9 Å². The van der Waals surface area contributed by atoms with Crippen molar-refractivity contribution in [1.82, 2.24) is 15.2 Å². The van der Waals surface area contributed by atoms with Crippen molar-refractivity contribution in [1.29, 1.82) is 0 Å². The van der Waals surface area contributed by atoms with Crippen molar-refractivity contribution in [2.75, 3.05) is 13.7 Å². The van der Waals surface area contributed by atoms with Crippen molar-refractivity contribution < 1.29 is 32.5 Å². The van der Waals surface area contributed by atoms with Crippen LogP contribution in [0.3, 0.4) is 0 Å². The van der Waals surface area contributed by atoms with Crippen molar-refractivity contribution in [2.45, 2.75) is 44.2 Å². The van der Waals surface area contributed by atoms with Gasteiger partial charge in [0.2, 0.25) is 5.88 Å². The minimum absolute atomic E-state index is 0.0487. The molecular weight excluding hydrogens is 427 g/mol. The van der Waals surface area contributed by atoms with E-state index in [9.17, 15) is 23.1 Å². The quantitative estimate of drug-likeness (QED) is 0.663. The van der Waals surface area contributed by atoms with Crippen molar-refractivity contribution in [3.63, 3.8) is 0 Å². The standard InChI is InChI=1S/C22H24F3N3O4/c1-31-18-7-6-17(27-20(18)15-9-16(15)21(29)30)13-8-19(28-26-10-13)32-11-12-2-4-14(5-3-12)22(23,24)25/h6-8,10,12,14-16H,2-5,9,11H2,1H3,(H,29,30)/t12-,14-,15-,16-/m0/s1. The number of rotatable bonds is 7. The number of carboxylic acid groups (broad SMARTS) is 1. The molecule has 2 heterocycles. The van der Waals surface area contributed by atoms with Crippen LogP contribution in [0.15, 0.2) is 24.4 Å². The smallest absolute Gasteiger partial charge is 0.391 e. The number of nitrogens with zero attached hydrogens (tertiary/aromatic N) is 3. The van der Waals surface area contributed by atoms with Gasteiger partial charge in [-0.1, -0.05) is 0 Å². The maximum Gasteiger partial charge on any atom is 0.391 e. The molecule has 0 aromatic carbocycles. The van der Waals surface area contributed by atoms with E-state index in [4.69, 9.17) is 9.47 Å². The van der Waals surface area contributed by atoms with E-state index in [-0.39, 0.29) is 37.2 Å². The average Bonchev–Trinajstić information content (AvgIpc) is 3.58. The number of hydrogen-bond acceptors (Lipinski definition) is 6. The zero-order valence-electron chi connectivity index (χ0n) is 17.5. The molecule has 2 atom stereocenters. The molecule has 0 spiro atoms. The Hall–Kier alpha value is -2.91. The van der Waals surface area contributed by atoms with Gasteiger partial charge in [0, 0.05) is 17.5 Å². The van der Waals surface area contributed by atoms with Gasteiger partial charge >= 0.3 is 12.1 Å². The van der Waals surface area contributed by atoms with Gasteiger partial charge in [-0.25, -0.2) is 4.98 Å². The first-order chi connectivity index (χ1) is 15.3. The molecule has 4 rings (SSSR count). The van der Waals surface area contributed by atoms with Crippen molar-refractivity contribution in [2.24, 2.45) is 17.8 Å². The third-order valence-electron chi connectivity index (χ3n) is 6.27. The lowest BCUT2D eigenvalue weighted by Gasteiger charge is -2.29. The summed E-state index contributed by atoms with van der Waals surface area (Å²) in [7, 11) is 1.51. The zero-order chi connectivity index (χ0) is 22.9. The Labute approximate surface area is 183 Å². The molecule has 0 unspecified atom stereocenters. The number of hydrogen-bond donors (Lipinski definition) is 1. The summed E-state index contributed by atoms with van der Waals surface area (Å²) in [5.74, 6) is -1.87. The highest BCUT2D eigenvalue weighted by Gasteiger charge is 2.47. The van der Waals surface area contributed by atoms with Crippen LogP contribution in [0.4, 0.5) is 13.2 Å². The zero-order valence-corrected chi connectivity index (χ0v) is 17.5. The molecule has 172 valence electrons. The molecule has 2 aliphatic rings. The molecule has 2 saturated carbocycles. The van der Waals surface area contributed by atoms with E-state index in [1.54, 1.807) is 18.2 Å². The summed E-state index contributed by atoms with van der Waals surface area (Å²) in [6, 6.07) is 5.17. The van der Waals surface area contributed by atoms with Crippen molar-refractivity contribution in [3.05, 3.63) is 30.1 Å². The summed E-state index contributed by atoms with van der Waals surface area (Å²) < 4.78 is 49.5. The van der Waals surface area contributed by atoms with Gasteiger partial charge in [-0.3, -0.25) is 4.79 Å². The third kappa shape index (κ3) is 4.94. The molecule has 32 heavy (non-hydrogen) atoms. The SMILES string of the molecule is COc1ccc(-c2cnnc(OC[C@H]3CC[C@H](C(F)(F)F)CC3)c2)nc1[C@H]1C[C@@H]1C(=O)O. The molecule has 0 radical (unpaired) electrons. The second-order valence-electron chi connectivity index (χ2n) is 8.42. The first-order valence-corrected chi connectivity index (χ1v) is 10.6. The Balaban J connectivity index is 1.42. The Bertz CT molecular complexity index is 977. The Kier molecular flexibility index (Phi) is 6.21. The van der Waals surface area contributed by atoms with Crippen LogP contribution in [0.25, 0.3) is 11.3 Å². The number of halogens is 3. The van der Waals surface area contributed by atoms with Crippen LogP contribution in [-0.2, 0) is 4.79 Å². The molecule has 10 heteroatoms. The lowest BCUT2D eigenvalue weighted by Crippen LogP contribution is -2.29. The van der Waals surface area contributed by atoms with Gasteiger partial charge in [0.05, 0.1) is 43.1 Å². The highest BCUT2D eigenvalue weighted by molar-refractivity contribution is 5.75. The van der Waals surface area contributed by atoms with E-state index in [1.807, 2.05) is 0 Å². The highest BCUT2D eigenvalue weighted by atomic mass is 19.4. The third-order valence-corrected chi connectivity index (χ3v) is 6.27. The second-order valence-corrected chi connectivity index (χ2v) is 8.42. The van der Waals surface area contributed by atoms with Crippen LogP contribution in [-0.4, -0.2) is 46.2 Å². The summed E-state index contributed by atoms with van der Waals surface area (Å²) in [4.78, 5) is 15.9. The van der Waals surface area contributed by atoms with Gasteiger partial charge in [-0.05, 0) is 50.2 Å². The number of aromatic nitrogens is 3. The fourth-order valence-corrected chi connectivity index (χ4v) is 4.25. The molecule has 2 fully saturated rings. The predicted octanol–water partition coefficient (Wildman–Crippen LogP) is 4.48. The summed E-state index contributed by atoms with van der Waals surface area (Å²) in [6.07, 6.45) is -0.899. The number of alkyl halides is 3. The number of pyridine rings is 1. The molecule has 2 aliphatic carbocycles. The molecule has 0 aliphatic heterocycles. The van der Waals surface area contributed by atoms with Crippen molar-refractivity contribution >= 4 is 5.97 Å². The number of methoxy groups -OCH3 is 1. The lowest BCUT2D eigenvalue weighted by molar-refractivity contribution is -0.184. The van der Waals surface area contributed by atoms with Gasteiger partial charge in [-0.15, -0.1) is 5.10 Å². The summed E-state index contributed by atoms with van der Waals surface area (Å²) in [5.41, 5.74) is 1.83. The molecular formula is C22H24F3N3O4. The monoisotopic (exact) mass is 451 g/mol. The van der Waals surface area contributed by atoms with E-state index in [1.165, 1.54) is 13.3 Å². The topological polar surface area (TPSA) is 94.4 Å². The van der Waals surface area contributed by atoms with E-state index in [0.717, 1.165) is 0 Å². The minimum Gasteiger partial charge on any atom is -0.495 e. The van der Waals surface area contributed by atoms with Crippen LogP contribution >= 0.6 is 0 Å². The normalized spacial score (nSPS) is 25.2. The lowest BCUT2D eigenvalue weighted by atomic mass is 9.82. The molecule has 0 amide bonds. The van der Waals surface area contributed by atoms with Gasteiger partial charge in [0.25, 0.3) is 0 Å². The summed E-state index contributed by atoms with van der Waals surface area (Å²) >= 11 is 0. The number of aliphatic carboxylic acids is 1. The van der Waals surface area contributed by atoms with E-state index in [2.05, 4.69) is 15.2 Å². The number of carbonyl (C=O) groups is 1. The molecule has 2 aromatic heterocycles. The fraction of sp³-hybridized carbons (Fsp3) is 0.545. The van der Waals surface area contributed by atoms with Crippen LogP contribution in [0.1, 0.15) is 43.7 Å². The van der Waals surface area contributed by atoms with Crippen LogP contribution in [0.2, 0.25) is 0 Å². The van der Waals surface area contributed by atoms with Crippen LogP contribution < -0.4 is 9.47 Å². The average molecular weight is 451 g/mol. The largest absolute Gasteiger partial charge is 0.495 e. The Morgan fingerprint density at radius 1 is 1.22 bits per heavy atom. The van der Waals surface area contributed by atoms with Gasteiger partial charge in [0.1, 0.15) is 5.75 Å². The van der Waals surface area contributed by atoms with E-state index >= 15 is 0 Å². The van der Waals surface area contributed by atoms with E-state index < -0.39 is 24.0 Å². The van der Waals surface area contributed by atoms with Gasteiger partial charge in [-0.2, -0.15) is 18.3 Å². The molecule has 1 N–H and O–H groups in total. The molecule has 2 aromatic rings. The van der Waals surface area contributed by atoms with Gasteiger partial charge in [0.15, 0.2) is 0 Å². The molecule has 0 bridgehead atoms. The highest BCUT2D eigenvalue weighted by Crippen LogP contribution is 2.50. The fourth-order valence-electron chi connectivity index (χ4n) is 4.25. The minimum atomic E-state index is -4.12. The molecule has 7 nitrogen and oxygen atoms in total.